The molecule has 0 aliphatic heterocycles. The largest absolute Gasteiger partial charge is 0.367 e. The molecule has 1 heterocycles. The molecule has 1 N–H and O–H groups in total. The fraction of sp³-hybridized carbons (Fsp3) is 0.222. The number of hydrogen-bond acceptors (Lipinski definition) is 3. The quantitative estimate of drug-likeness (QED) is 0.792. The minimum absolute atomic E-state index is 0.586. The predicted molar refractivity (Wildman–Crippen MR) is 85.7 cm³/mol. The first-order valence-corrected chi connectivity index (χ1v) is 7.36. The lowest BCUT2D eigenvalue weighted by molar-refractivity contribution is 0.634. The number of nitrogens with one attached hydrogen (secondary N) is 1. The van der Waals surface area contributed by atoms with Gasteiger partial charge in [-0.1, -0.05) is 48.5 Å². The Bertz CT molecular complexity index is 810. The van der Waals surface area contributed by atoms with Crippen LogP contribution in [0.15, 0.2) is 48.5 Å². The second-order valence-electron chi connectivity index (χ2n) is 5.66. The van der Waals surface area contributed by atoms with E-state index in [-0.39, 0.29) is 0 Å². The van der Waals surface area contributed by atoms with Gasteiger partial charge in [0, 0.05) is 23.2 Å². The van der Waals surface area contributed by atoms with Gasteiger partial charge in [-0.05, 0) is 24.5 Å². The van der Waals surface area contributed by atoms with Crippen LogP contribution in [0.2, 0.25) is 0 Å². The first-order valence-electron chi connectivity index (χ1n) is 7.36. The third-order valence-electron chi connectivity index (χ3n) is 4.35. The minimum atomic E-state index is 0.586. The normalized spacial score (nSPS) is 16.3. The zero-order valence-electron chi connectivity index (χ0n) is 12.0. The monoisotopic (exact) mass is 275 g/mol. The van der Waals surface area contributed by atoms with Crippen molar-refractivity contribution in [3.05, 3.63) is 65.4 Å². The SMILES string of the molecule is Cc1nnc(NCC2Cc3ccccc32)c2ccccc12. The summed E-state index contributed by atoms with van der Waals surface area (Å²) in [5, 5.41) is 14.4. The Morgan fingerprint density at radius 2 is 1.76 bits per heavy atom. The minimum Gasteiger partial charge on any atom is -0.367 e. The summed E-state index contributed by atoms with van der Waals surface area (Å²) in [4.78, 5) is 0. The molecule has 0 saturated heterocycles. The van der Waals surface area contributed by atoms with Crippen LogP contribution in [0.25, 0.3) is 10.8 Å². The maximum absolute atomic E-state index is 4.33. The molecule has 21 heavy (non-hydrogen) atoms. The van der Waals surface area contributed by atoms with Gasteiger partial charge in [-0.15, -0.1) is 5.10 Å². The number of aromatic nitrogens is 2. The van der Waals surface area contributed by atoms with E-state index in [1.165, 1.54) is 16.5 Å². The lowest BCUT2D eigenvalue weighted by atomic mass is 9.77. The molecule has 3 aromatic rings. The standard InChI is InChI=1S/C18H17N3/c1-12-15-7-4-5-9-17(15)18(21-20-12)19-11-14-10-13-6-2-3-8-16(13)14/h2-9,14H,10-11H2,1H3,(H,19,21). The Hall–Kier alpha value is -2.42. The molecule has 0 bridgehead atoms. The Kier molecular flexibility index (Phi) is 2.85. The van der Waals surface area contributed by atoms with E-state index in [9.17, 15) is 0 Å². The maximum Gasteiger partial charge on any atom is 0.156 e. The molecular weight excluding hydrogens is 258 g/mol. The molecule has 2 aromatic carbocycles. The van der Waals surface area contributed by atoms with Gasteiger partial charge in [-0.3, -0.25) is 0 Å². The smallest absolute Gasteiger partial charge is 0.156 e. The van der Waals surface area contributed by atoms with E-state index in [2.05, 4.69) is 51.9 Å². The molecule has 1 aliphatic carbocycles. The summed E-state index contributed by atoms with van der Waals surface area (Å²) in [5.41, 5.74) is 3.92. The summed E-state index contributed by atoms with van der Waals surface area (Å²) < 4.78 is 0. The Morgan fingerprint density at radius 1 is 1.00 bits per heavy atom. The highest BCUT2D eigenvalue weighted by Gasteiger charge is 2.25. The molecule has 0 saturated carbocycles. The number of hydrogen-bond donors (Lipinski definition) is 1. The zero-order valence-corrected chi connectivity index (χ0v) is 12.0. The second kappa shape index (κ2) is 4.85. The van der Waals surface area contributed by atoms with E-state index in [1.54, 1.807) is 0 Å². The van der Waals surface area contributed by atoms with Crippen molar-refractivity contribution >= 4 is 16.6 Å². The molecule has 104 valence electrons. The summed E-state index contributed by atoms with van der Waals surface area (Å²) in [5.74, 6) is 1.48. The van der Waals surface area contributed by atoms with Crippen LogP contribution >= 0.6 is 0 Å². The molecular formula is C18H17N3. The average molecular weight is 275 g/mol. The van der Waals surface area contributed by atoms with E-state index in [1.807, 2.05) is 19.1 Å². The van der Waals surface area contributed by atoms with Crippen molar-refractivity contribution in [1.29, 1.82) is 0 Å². The molecule has 3 nitrogen and oxygen atoms in total. The van der Waals surface area contributed by atoms with Crippen LogP contribution < -0.4 is 5.32 Å². The fourth-order valence-corrected chi connectivity index (χ4v) is 3.13. The topological polar surface area (TPSA) is 37.8 Å². The van der Waals surface area contributed by atoms with Gasteiger partial charge in [0.2, 0.25) is 0 Å². The lowest BCUT2D eigenvalue weighted by Crippen LogP contribution is -2.24. The lowest BCUT2D eigenvalue weighted by Gasteiger charge is -2.30. The number of anilines is 1. The van der Waals surface area contributed by atoms with Crippen LogP contribution in [0.5, 0.6) is 0 Å². The average Bonchev–Trinajstić information content (AvgIpc) is 2.50. The predicted octanol–water partition coefficient (Wildman–Crippen LogP) is 3.69. The van der Waals surface area contributed by atoms with Gasteiger partial charge in [-0.2, -0.15) is 5.10 Å². The first-order chi connectivity index (χ1) is 10.3. The van der Waals surface area contributed by atoms with Crippen LogP contribution in [-0.2, 0) is 6.42 Å². The van der Waals surface area contributed by atoms with Gasteiger partial charge in [0.25, 0.3) is 0 Å². The Morgan fingerprint density at radius 3 is 2.62 bits per heavy atom. The van der Waals surface area contributed by atoms with Crippen molar-refractivity contribution in [3.8, 4) is 0 Å². The van der Waals surface area contributed by atoms with Gasteiger partial charge in [-0.25, -0.2) is 0 Å². The van der Waals surface area contributed by atoms with Gasteiger partial charge >= 0.3 is 0 Å². The molecule has 1 unspecified atom stereocenters. The van der Waals surface area contributed by atoms with Crippen LogP contribution in [0, 0.1) is 6.92 Å². The van der Waals surface area contributed by atoms with Gasteiger partial charge < -0.3 is 5.32 Å². The maximum atomic E-state index is 4.33. The summed E-state index contributed by atoms with van der Waals surface area (Å²) in [7, 11) is 0. The molecule has 0 spiro atoms. The summed E-state index contributed by atoms with van der Waals surface area (Å²) in [6.45, 7) is 2.92. The van der Waals surface area contributed by atoms with E-state index in [0.29, 0.717) is 5.92 Å². The highest BCUT2D eigenvalue weighted by Crippen LogP contribution is 2.35. The van der Waals surface area contributed by atoms with E-state index in [4.69, 9.17) is 0 Å². The van der Waals surface area contributed by atoms with Gasteiger partial charge in [0.1, 0.15) is 0 Å². The van der Waals surface area contributed by atoms with Crippen LogP contribution in [0.1, 0.15) is 22.7 Å². The molecule has 0 radical (unpaired) electrons. The summed E-state index contributed by atoms with van der Waals surface area (Å²) in [6, 6.07) is 17.0. The molecule has 3 heteroatoms. The van der Waals surface area contributed by atoms with Gasteiger partial charge in [0.15, 0.2) is 5.82 Å². The molecule has 1 atom stereocenters. The highest BCUT2D eigenvalue weighted by molar-refractivity contribution is 5.92. The number of nitrogens with zero attached hydrogens (tertiary/aromatic N) is 2. The van der Waals surface area contributed by atoms with Crippen molar-refractivity contribution in [2.45, 2.75) is 19.3 Å². The number of rotatable bonds is 3. The number of fused-ring (bicyclic) bond motifs is 2. The molecule has 4 rings (SSSR count). The summed E-state index contributed by atoms with van der Waals surface area (Å²) >= 11 is 0. The molecule has 0 amide bonds. The van der Waals surface area contributed by atoms with Crippen molar-refractivity contribution in [2.75, 3.05) is 11.9 Å². The first kappa shape index (κ1) is 12.3. The van der Waals surface area contributed by atoms with Crippen LogP contribution in [-0.4, -0.2) is 16.7 Å². The van der Waals surface area contributed by atoms with E-state index < -0.39 is 0 Å². The highest BCUT2D eigenvalue weighted by atomic mass is 15.2. The third kappa shape index (κ3) is 2.05. The van der Waals surface area contributed by atoms with Crippen molar-refractivity contribution in [2.24, 2.45) is 0 Å². The van der Waals surface area contributed by atoms with E-state index in [0.717, 1.165) is 29.9 Å². The number of benzene rings is 2. The van der Waals surface area contributed by atoms with E-state index >= 15 is 0 Å². The second-order valence-corrected chi connectivity index (χ2v) is 5.66. The number of aryl methyl sites for hydroxylation is 1. The summed E-state index contributed by atoms with van der Waals surface area (Å²) in [6.07, 6.45) is 1.15. The van der Waals surface area contributed by atoms with Crippen LogP contribution in [0.4, 0.5) is 5.82 Å². The Balaban J connectivity index is 1.58. The third-order valence-corrected chi connectivity index (χ3v) is 4.35. The molecule has 1 aliphatic rings. The fourth-order valence-electron chi connectivity index (χ4n) is 3.13. The van der Waals surface area contributed by atoms with Crippen molar-refractivity contribution in [1.82, 2.24) is 10.2 Å². The Labute approximate surface area is 124 Å². The van der Waals surface area contributed by atoms with Crippen molar-refractivity contribution < 1.29 is 0 Å². The molecule has 1 aromatic heterocycles. The zero-order chi connectivity index (χ0) is 14.2. The van der Waals surface area contributed by atoms with Crippen LogP contribution in [0.3, 0.4) is 0 Å². The van der Waals surface area contributed by atoms with Crippen molar-refractivity contribution in [3.63, 3.8) is 0 Å². The van der Waals surface area contributed by atoms with Gasteiger partial charge in [0.05, 0.1) is 5.69 Å². The molecule has 0 fully saturated rings.